The van der Waals surface area contributed by atoms with E-state index in [-0.39, 0.29) is 11.2 Å². The van der Waals surface area contributed by atoms with Crippen molar-refractivity contribution in [2.45, 2.75) is 13.1 Å². The maximum Gasteiger partial charge on any atom is 0.332 e. The van der Waals surface area contributed by atoms with Crippen LogP contribution in [0.3, 0.4) is 0 Å². The van der Waals surface area contributed by atoms with Gasteiger partial charge in [0.2, 0.25) is 0 Å². The maximum absolute atomic E-state index is 12.7. The minimum Gasteiger partial charge on any atom is -0.383 e. The fourth-order valence-electron chi connectivity index (χ4n) is 3.24. The van der Waals surface area contributed by atoms with Gasteiger partial charge < -0.3 is 14.2 Å². The molecule has 25 heavy (non-hydrogen) atoms. The van der Waals surface area contributed by atoms with E-state index in [0.717, 1.165) is 36.6 Å². The zero-order valence-electron chi connectivity index (χ0n) is 15.4. The highest BCUT2D eigenvalue weighted by Gasteiger charge is 2.22. The van der Waals surface area contributed by atoms with Crippen molar-refractivity contribution in [2.75, 3.05) is 46.9 Å². The lowest BCUT2D eigenvalue weighted by Gasteiger charge is -2.32. The first-order chi connectivity index (χ1) is 11.9. The van der Waals surface area contributed by atoms with Crippen LogP contribution in [-0.4, -0.2) is 75.4 Å². The van der Waals surface area contributed by atoms with Crippen molar-refractivity contribution in [2.24, 2.45) is 14.1 Å². The molecule has 1 aliphatic heterocycles. The van der Waals surface area contributed by atoms with Crippen molar-refractivity contribution in [3.63, 3.8) is 0 Å². The summed E-state index contributed by atoms with van der Waals surface area (Å²) < 4.78 is 9.67. The van der Waals surface area contributed by atoms with Crippen LogP contribution in [0.1, 0.15) is 5.82 Å². The molecule has 2 aromatic rings. The van der Waals surface area contributed by atoms with Gasteiger partial charge in [-0.2, -0.15) is 0 Å². The SMILES string of the molecule is COCCn1c(CN2CCN(C)CC2)nc2c1c(=O)n(C)c(=O)n2C. The van der Waals surface area contributed by atoms with Gasteiger partial charge in [-0.1, -0.05) is 0 Å². The number of likely N-dealkylation sites (N-methyl/N-ethyl adjacent to an activating group) is 1. The molecule has 0 unspecified atom stereocenters. The van der Waals surface area contributed by atoms with Gasteiger partial charge in [0.1, 0.15) is 5.82 Å². The van der Waals surface area contributed by atoms with Gasteiger partial charge in [-0.3, -0.25) is 18.8 Å². The van der Waals surface area contributed by atoms with Crippen LogP contribution in [0.5, 0.6) is 0 Å². The number of piperazine rings is 1. The summed E-state index contributed by atoms with van der Waals surface area (Å²) in [6.45, 7) is 5.61. The van der Waals surface area contributed by atoms with Crippen molar-refractivity contribution < 1.29 is 4.74 Å². The highest BCUT2D eigenvalue weighted by molar-refractivity contribution is 5.71. The number of hydrogen-bond donors (Lipinski definition) is 0. The molecule has 1 saturated heterocycles. The van der Waals surface area contributed by atoms with Gasteiger partial charge in [0.05, 0.1) is 13.2 Å². The van der Waals surface area contributed by atoms with E-state index in [1.165, 1.54) is 11.6 Å². The molecular formula is C16H26N6O3. The first-order valence-electron chi connectivity index (χ1n) is 8.49. The third-order valence-corrected chi connectivity index (χ3v) is 4.91. The maximum atomic E-state index is 12.7. The molecule has 0 atom stereocenters. The molecule has 0 amide bonds. The van der Waals surface area contributed by atoms with Gasteiger partial charge in [-0.15, -0.1) is 0 Å². The summed E-state index contributed by atoms with van der Waals surface area (Å²) in [4.78, 5) is 34.1. The van der Waals surface area contributed by atoms with Gasteiger partial charge >= 0.3 is 5.69 Å². The molecule has 3 heterocycles. The molecule has 0 aliphatic carbocycles. The molecule has 138 valence electrons. The van der Waals surface area contributed by atoms with Crippen molar-refractivity contribution in [3.8, 4) is 0 Å². The van der Waals surface area contributed by atoms with Crippen LogP contribution in [0.2, 0.25) is 0 Å². The summed E-state index contributed by atoms with van der Waals surface area (Å²) in [5.41, 5.74) is 0.227. The molecule has 9 nitrogen and oxygen atoms in total. The number of rotatable bonds is 5. The Labute approximate surface area is 146 Å². The van der Waals surface area contributed by atoms with Gasteiger partial charge in [0.25, 0.3) is 5.56 Å². The highest BCUT2D eigenvalue weighted by atomic mass is 16.5. The van der Waals surface area contributed by atoms with Crippen LogP contribution in [0.15, 0.2) is 9.59 Å². The molecule has 1 fully saturated rings. The van der Waals surface area contributed by atoms with Gasteiger partial charge in [0.15, 0.2) is 11.2 Å². The molecule has 0 radical (unpaired) electrons. The third kappa shape index (κ3) is 3.26. The van der Waals surface area contributed by atoms with E-state index in [4.69, 9.17) is 4.74 Å². The molecule has 2 aromatic heterocycles. The second-order valence-corrected chi connectivity index (χ2v) is 6.63. The first-order valence-corrected chi connectivity index (χ1v) is 8.49. The average molecular weight is 350 g/mol. The predicted molar refractivity (Wildman–Crippen MR) is 94.9 cm³/mol. The lowest BCUT2D eigenvalue weighted by Crippen LogP contribution is -2.44. The molecule has 3 rings (SSSR count). The smallest absolute Gasteiger partial charge is 0.332 e. The van der Waals surface area contributed by atoms with Crippen molar-refractivity contribution in [1.29, 1.82) is 0 Å². The number of nitrogens with zero attached hydrogens (tertiary/aromatic N) is 6. The normalized spacial score (nSPS) is 16.8. The number of aryl methyl sites for hydroxylation is 1. The molecular weight excluding hydrogens is 324 g/mol. The van der Waals surface area contributed by atoms with Gasteiger partial charge in [-0.25, -0.2) is 9.78 Å². The quantitative estimate of drug-likeness (QED) is 0.676. The van der Waals surface area contributed by atoms with Crippen LogP contribution in [0.25, 0.3) is 11.2 Å². The summed E-state index contributed by atoms with van der Waals surface area (Å²) in [5.74, 6) is 0.801. The Balaban J connectivity index is 2.07. The van der Waals surface area contributed by atoms with E-state index < -0.39 is 0 Å². The van der Waals surface area contributed by atoms with Crippen molar-refractivity contribution in [3.05, 3.63) is 26.7 Å². The van der Waals surface area contributed by atoms with Crippen LogP contribution >= 0.6 is 0 Å². The standard InChI is InChI=1S/C16H26N6O3/c1-18-5-7-21(8-6-18)11-12-17-14-13(22(12)9-10-25-4)15(23)20(3)16(24)19(14)2/h5-11H2,1-4H3. The second kappa shape index (κ2) is 7.11. The van der Waals surface area contributed by atoms with Crippen LogP contribution in [-0.2, 0) is 31.9 Å². The molecule has 0 N–H and O–H groups in total. The zero-order chi connectivity index (χ0) is 18.1. The van der Waals surface area contributed by atoms with E-state index in [9.17, 15) is 9.59 Å². The number of aromatic nitrogens is 4. The van der Waals surface area contributed by atoms with Crippen LogP contribution in [0.4, 0.5) is 0 Å². The summed E-state index contributed by atoms with van der Waals surface area (Å²) >= 11 is 0. The van der Waals surface area contributed by atoms with Gasteiger partial charge in [0, 0.05) is 53.9 Å². The van der Waals surface area contributed by atoms with Crippen molar-refractivity contribution >= 4 is 11.2 Å². The van der Waals surface area contributed by atoms with E-state index in [1.54, 1.807) is 14.2 Å². The third-order valence-electron chi connectivity index (χ3n) is 4.91. The summed E-state index contributed by atoms with van der Waals surface area (Å²) in [6, 6.07) is 0. The Morgan fingerprint density at radius 3 is 2.36 bits per heavy atom. The Hall–Kier alpha value is -1.97. The fraction of sp³-hybridized carbons (Fsp3) is 0.688. The number of methoxy groups -OCH3 is 1. The second-order valence-electron chi connectivity index (χ2n) is 6.63. The number of fused-ring (bicyclic) bond motifs is 1. The molecule has 0 saturated carbocycles. The Bertz CT molecular complexity index is 873. The minimum absolute atomic E-state index is 0.314. The van der Waals surface area contributed by atoms with Crippen molar-refractivity contribution in [1.82, 2.24) is 28.5 Å². The molecule has 0 spiro atoms. The van der Waals surface area contributed by atoms with Crippen LogP contribution < -0.4 is 11.2 Å². The Kier molecular flexibility index (Phi) is 5.07. The fourth-order valence-corrected chi connectivity index (χ4v) is 3.24. The average Bonchev–Trinajstić information content (AvgIpc) is 2.96. The van der Waals surface area contributed by atoms with E-state index >= 15 is 0 Å². The number of ether oxygens (including phenoxy) is 1. The topological polar surface area (TPSA) is 77.5 Å². The highest BCUT2D eigenvalue weighted by Crippen LogP contribution is 2.14. The predicted octanol–water partition coefficient (Wildman–Crippen LogP) is -1.17. The molecule has 1 aliphatic rings. The zero-order valence-corrected chi connectivity index (χ0v) is 15.4. The van der Waals surface area contributed by atoms with E-state index in [2.05, 4.69) is 21.8 Å². The molecule has 0 aromatic carbocycles. The number of imidazole rings is 1. The molecule has 0 bridgehead atoms. The van der Waals surface area contributed by atoms with E-state index in [1.807, 2.05) is 4.57 Å². The van der Waals surface area contributed by atoms with E-state index in [0.29, 0.717) is 30.9 Å². The Morgan fingerprint density at radius 1 is 1.04 bits per heavy atom. The summed E-state index contributed by atoms with van der Waals surface area (Å²) in [6.07, 6.45) is 0. The lowest BCUT2D eigenvalue weighted by atomic mass is 10.3. The monoisotopic (exact) mass is 350 g/mol. The largest absolute Gasteiger partial charge is 0.383 e. The number of hydrogen-bond acceptors (Lipinski definition) is 6. The Morgan fingerprint density at radius 2 is 1.72 bits per heavy atom. The first kappa shape index (κ1) is 17.8. The summed E-state index contributed by atoms with van der Waals surface area (Å²) in [5, 5.41) is 0. The molecule has 9 heteroatoms. The van der Waals surface area contributed by atoms with Crippen LogP contribution in [0, 0.1) is 0 Å². The van der Waals surface area contributed by atoms with Gasteiger partial charge in [-0.05, 0) is 7.05 Å². The lowest BCUT2D eigenvalue weighted by molar-refractivity contribution is 0.142. The summed E-state index contributed by atoms with van der Waals surface area (Å²) in [7, 11) is 6.90. The minimum atomic E-state index is -0.361.